The number of Topliss-reactive ketones (excluding diaryl/α,β-unsaturated/α-hetero) is 1. The average molecular weight is 234 g/mol. The Hall–Kier alpha value is -0.940. The van der Waals surface area contributed by atoms with E-state index in [1.807, 2.05) is 0 Å². The molecule has 4 nitrogen and oxygen atoms in total. The number of carbonyl (C=O) groups is 1. The molecule has 0 radical (unpaired) electrons. The Labute approximate surface area is 86.3 Å². The Bertz CT molecular complexity index is 481. The summed E-state index contributed by atoms with van der Waals surface area (Å²) in [6, 6.07) is 1.23. The molecule has 0 amide bonds. The third kappa shape index (κ3) is 2.30. The minimum atomic E-state index is -3.82. The molecule has 1 aromatic heterocycles. The summed E-state index contributed by atoms with van der Waals surface area (Å²) in [5, 5.41) is 0. The minimum Gasteiger partial charge on any atom is -0.294 e. The van der Waals surface area contributed by atoms with Gasteiger partial charge in [-0.2, -0.15) is 0 Å². The monoisotopic (exact) mass is 233 g/mol. The molecule has 1 rings (SSSR count). The van der Waals surface area contributed by atoms with Crippen molar-refractivity contribution >= 4 is 25.5 Å². The van der Waals surface area contributed by atoms with Crippen LogP contribution >= 0.6 is 10.7 Å². The van der Waals surface area contributed by atoms with Crippen molar-refractivity contribution in [2.75, 3.05) is 0 Å². The van der Waals surface area contributed by atoms with Crippen LogP contribution in [0.3, 0.4) is 0 Å². The molecule has 0 bridgehead atoms. The van der Waals surface area contributed by atoms with Crippen molar-refractivity contribution in [1.82, 2.24) is 4.98 Å². The van der Waals surface area contributed by atoms with Gasteiger partial charge in [-0.25, -0.2) is 8.42 Å². The first kappa shape index (κ1) is 11.1. The van der Waals surface area contributed by atoms with Crippen molar-refractivity contribution in [2.24, 2.45) is 0 Å². The Balaban J connectivity index is 3.42. The molecular formula is C8H8ClNO3S. The molecule has 0 aliphatic heterocycles. The summed E-state index contributed by atoms with van der Waals surface area (Å²) in [6.45, 7) is 2.97. The van der Waals surface area contributed by atoms with Crippen molar-refractivity contribution in [3.8, 4) is 0 Å². The van der Waals surface area contributed by atoms with Gasteiger partial charge in [-0.3, -0.25) is 9.78 Å². The van der Waals surface area contributed by atoms with E-state index in [1.165, 1.54) is 13.0 Å². The van der Waals surface area contributed by atoms with E-state index in [2.05, 4.69) is 4.98 Å². The zero-order valence-corrected chi connectivity index (χ0v) is 9.19. The lowest BCUT2D eigenvalue weighted by atomic mass is 10.1. The highest BCUT2D eigenvalue weighted by Crippen LogP contribution is 2.17. The number of hydrogen-bond acceptors (Lipinski definition) is 4. The van der Waals surface area contributed by atoms with Crippen LogP contribution in [0.15, 0.2) is 17.2 Å². The second kappa shape index (κ2) is 3.67. The van der Waals surface area contributed by atoms with Gasteiger partial charge in [0.25, 0.3) is 9.05 Å². The lowest BCUT2D eigenvalue weighted by Crippen LogP contribution is -2.02. The van der Waals surface area contributed by atoms with Gasteiger partial charge in [0, 0.05) is 28.1 Å². The molecule has 0 saturated carbocycles. The van der Waals surface area contributed by atoms with E-state index >= 15 is 0 Å². The fourth-order valence-corrected chi connectivity index (χ4v) is 1.69. The molecule has 76 valence electrons. The van der Waals surface area contributed by atoms with Gasteiger partial charge in [0.15, 0.2) is 5.78 Å². The molecule has 0 aliphatic carbocycles. The van der Waals surface area contributed by atoms with Crippen molar-refractivity contribution in [3.63, 3.8) is 0 Å². The van der Waals surface area contributed by atoms with E-state index in [9.17, 15) is 13.2 Å². The highest BCUT2D eigenvalue weighted by atomic mass is 35.7. The topological polar surface area (TPSA) is 64.1 Å². The molecule has 0 fully saturated rings. The van der Waals surface area contributed by atoms with Crippen molar-refractivity contribution in [1.29, 1.82) is 0 Å². The standard InChI is InChI=1S/C8H8ClNO3S/c1-5-8(6(2)11)3-7(4-10-5)14(9,12)13/h3-4H,1-2H3. The number of rotatable bonds is 2. The smallest absolute Gasteiger partial charge is 0.262 e. The normalized spacial score (nSPS) is 11.4. The summed E-state index contributed by atoms with van der Waals surface area (Å²) in [7, 11) is 1.29. The molecule has 1 heterocycles. The van der Waals surface area contributed by atoms with E-state index in [4.69, 9.17) is 10.7 Å². The van der Waals surface area contributed by atoms with Crippen molar-refractivity contribution < 1.29 is 13.2 Å². The van der Waals surface area contributed by atoms with Crippen LogP contribution in [-0.2, 0) is 9.05 Å². The molecule has 1 aromatic rings. The molecule has 0 spiro atoms. The number of aromatic nitrogens is 1. The van der Waals surface area contributed by atoms with E-state index in [-0.39, 0.29) is 16.2 Å². The maximum atomic E-state index is 11.1. The summed E-state index contributed by atoms with van der Waals surface area (Å²) in [4.78, 5) is 14.7. The highest BCUT2D eigenvalue weighted by molar-refractivity contribution is 8.13. The van der Waals surface area contributed by atoms with Gasteiger partial charge in [-0.05, 0) is 19.9 Å². The van der Waals surface area contributed by atoms with E-state index < -0.39 is 9.05 Å². The zero-order valence-electron chi connectivity index (χ0n) is 7.61. The lowest BCUT2D eigenvalue weighted by Gasteiger charge is -2.02. The first-order chi connectivity index (χ1) is 6.32. The van der Waals surface area contributed by atoms with Crippen LogP contribution in [0.25, 0.3) is 0 Å². The van der Waals surface area contributed by atoms with Gasteiger partial charge in [0.1, 0.15) is 4.90 Å². The molecule has 0 N–H and O–H groups in total. The second-order valence-corrected chi connectivity index (χ2v) is 5.36. The number of nitrogens with zero attached hydrogens (tertiary/aromatic N) is 1. The van der Waals surface area contributed by atoms with Crippen LogP contribution in [0.2, 0.25) is 0 Å². The highest BCUT2D eigenvalue weighted by Gasteiger charge is 2.14. The summed E-state index contributed by atoms with van der Waals surface area (Å²) >= 11 is 0. The van der Waals surface area contributed by atoms with Gasteiger partial charge in [-0.15, -0.1) is 0 Å². The van der Waals surface area contributed by atoms with Crippen LogP contribution < -0.4 is 0 Å². The van der Waals surface area contributed by atoms with Crippen molar-refractivity contribution in [3.05, 3.63) is 23.5 Å². The predicted octanol–water partition coefficient (Wildman–Crippen LogP) is 1.52. The number of ketones is 1. The fraction of sp³-hybridized carbons (Fsp3) is 0.250. The summed E-state index contributed by atoms with van der Waals surface area (Å²) in [5.41, 5.74) is 0.758. The Kier molecular flexibility index (Phi) is 2.92. The molecule has 0 aliphatic rings. The zero-order chi connectivity index (χ0) is 10.9. The third-order valence-electron chi connectivity index (χ3n) is 1.72. The Morgan fingerprint density at radius 3 is 2.50 bits per heavy atom. The number of aryl methyl sites for hydroxylation is 1. The maximum Gasteiger partial charge on any atom is 0.262 e. The predicted molar refractivity (Wildman–Crippen MR) is 52.0 cm³/mol. The molecule has 0 atom stereocenters. The SMILES string of the molecule is CC(=O)c1cc(S(=O)(=O)Cl)cnc1C. The van der Waals surface area contributed by atoms with Crippen LogP contribution in [0.4, 0.5) is 0 Å². The first-order valence-corrected chi connectivity index (χ1v) is 6.05. The number of hydrogen-bond donors (Lipinski definition) is 0. The van der Waals surface area contributed by atoms with Crippen LogP contribution in [-0.4, -0.2) is 19.2 Å². The Morgan fingerprint density at radius 1 is 1.50 bits per heavy atom. The van der Waals surface area contributed by atoms with Crippen LogP contribution in [0.5, 0.6) is 0 Å². The maximum absolute atomic E-state index is 11.1. The third-order valence-corrected chi connectivity index (χ3v) is 3.04. The molecule has 0 saturated heterocycles. The first-order valence-electron chi connectivity index (χ1n) is 3.74. The second-order valence-electron chi connectivity index (χ2n) is 2.80. The van der Waals surface area contributed by atoms with Gasteiger partial charge in [-0.1, -0.05) is 0 Å². The number of pyridine rings is 1. The van der Waals surface area contributed by atoms with Gasteiger partial charge in [0.2, 0.25) is 0 Å². The van der Waals surface area contributed by atoms with E-state index in [0.717, 1.165) is 6.20 Å². The largest absolute Gasteiger partial charge is 0.294 e. The van der Waals surface area contributed by atoms with Gasteiger partial charge in [0.05, 0.1) is 0 Å². The van der Waals surface area contributed by atoms with Gasteiger partial charge < -0.3 is 0 Å². The summed E-state index contributed by atoms with van der Waals surface area (Å²) in [5.74, 6) is -0.239. The molecule has 0 unspecified atom stereocenters. The van der Waals surface area contributed by atoms with E-state index in [0.29, 0.717) is 5.69 Å². The minimum absolute atomic E-state index is 0.157. The van der Waals surface area contributed by atoms with Crippen LogP contribution in [0.1, 0.15) is 23.0 Å². The molecule has 14 heavy (non-hydrogen) atoms. The molecular weight excluding hydrogens is 226 g/mol. The summed E-state index contributed by atoms with van der Waals surface area (Å²) < 4.78 is 21.9. The average Bonchev–Trinajstić information content (AvgIpc) is 2.02. The van der Waals surface area contributed by atoms with Crippen LogP contribution in [0, 0.1) is 6.92 Å². The van der Waals surface area contributed by atoms with Gasteiger partial charge >= 0.3 is 0 Å². The fourth-order valence-electron chi connectivity index (χ4n) is 1.00. The number of halogens is 1. The Morgan fingerprint density at radius 2 is 2.07 bits per heavy atom. The lowest BCUT2D eigenvalue weighted by molar-refractivity contribution is 0.101. The number of carbonyl (C=O) groups excluding carboxylic acids is 1. The molecule has 0 aromatic carbocycles. The quantitative estimate of drug-likeness (QED) is 0.574. The summed E-state index contributed by atoms with van der Waals surface area (Å²) in [6.07, 6.45) is 1.13. The van der Waals surface area contributed by atoms with Crippen molar-refractivity contribution in [2.45, 2.75) is 18.7 Å². The molecule has 6 heteroatoms. The van der Waals surface area contributed by atoms with E-state index in [1.54, 1.807) is 6.92 Å².